The van der Waals surface area contributed by atoms with Crippen LogP contribution in [0.4, 0.5) is 5.69 Å². The highest BCUT2D eigenvalue weighted by Crippen LogP contribution is 2.29. The predicted molar refractivity (Wildman–Crippen MR) is 126 cm³/mol. The van der Waals surface area contributed by atoms with E-state index in [0.717, 1.165) is 48.3 Å². The van der Waals surface area contributed by atoms with Crippen LogP contribution in [0.25, 0.3) is 0 Å². The number of benzene rings is 1. The lowest BCUT2D eigenvalue weighted by molar-refractivity contribution is -0.123. The first kappa shape index (κ1) is 22.6. The van der Waals surface area contributed by atoms with E-state index >= 15 is 0 Å². The van der Waals surface area contributed by atoms with Crippen LogP contribution < -0.4 is 10.6 Å². The van der Waals surface area contributed by atoms with Crippen LogP contribution in [0.5, 0.6) is 0 Å². The number of nitrogens with zero attached hydrogens (tertiary/aromatic N) is 2. The molecule has 0 aliphatic heterocycles. The summed E-state index contributed by atoms with van der Waals surface area (Å²) in [4.78, 5) is 25.2. The first-order valence-electron chi connectivity index (χ1n) is 12.2. The van der Waals surface area contributed by atoms with Gasteiger partial charge in [-0.3, -0.25) is 14.3 Å². The lowest BCUT2D eigenvalue weighted by Crippen LogP contribution is -2.40. The van der Waals surface area contributed by atoms with Crippen LogP contribution in [-0.2, 0) is 16.1 Å². The largest absolute Gasteiger partial charge is 0.353 e. The summed E-state index contributed by atoms with van der Waals surface area (Å²) in [6.45, 7) is 4.74. The third kappa shape index (κ3) is 5.99. The van der Waals surface area contributed by atoms with Gasteiger partial charge in [-0.05, 0) is 82.1 Å². The van der Waals surface area contributed by atoms with Crippen LogP contribution in [-0.4, -0.2) is 27.6 Å². The summed E-state index contributed by atoms with van der Waals surface area (Å²) in [6, 6.07) is 10.3. The molecule has 0 bridgehead atoms. The summed E-state index contributed by atoms with van der Waals surface area (Å²) in [5, 5.41) is 10.8. The first-order chi connectivity index (χ1) is 15.5. The van der Waals surface area contributed by atoms with Crippen molar-refractivity contribution in [3.8, 4) is 0 Å². The van der Waals surface area contributed by atoms with Crippen molar-refractivity contribution in [3.05, 3.63) is 47.3 Å². The van der Waals surface area contributed by atoms with Crippen LogP contribution in [0.1, 0.15) is 74.7 Å². The highest BCUT2D eigenvalue weighted by Gasteiger charge is 2.28. The third-order valence-electron chi connectivity index (χ3n) is 7.04. The van der Waals surface area contributed by atoms with E-state index < -0.39 is 0 Å². The van der Waals surface area contributed by atoms with Crippen molar-refractivity contribution in [3.63, 3.8) is 0 Å². The molecule has 2 aliphatic rings. The Morgan fingerprint density at radius 1 is 1.03 bits per heavy atom. The number of amides is 2. The van der Waals surface area contributed by atoms with Crippen molar-refractivity contribution in [2.24, 2.45) is 11.8 Å². The SMILES string of the molecule is Cc1cc(C)n(Cc2cccc(NC(=O)C3CCC(NC(=O)CC4CCCC4)CC3)c2)n1. The Bertz CT molecular complexity index is 937. The lowest BCUT2D eigenvalue weighted by Gasteiger charge is -2.28. The molecule has 0 atom stereocenters. The van der Waals surface area contributed by atoms with Crippen molar-refractivity contribution < 1.29 is 9.59 Å². The van der Waals surface area contributed by atoms with Crippen molar-refractivity contribution in [2.75, 3.05) is 5.32 Å². The summed E-state index contributed by atoms with van der Waals surface area (Å²) in [6.07, 6.45) is 9.02. The maximum atomic E-state index is 12.8. The zero-order valence-corrected chi connectivity index (χ0v) is 19.4. The molecule has 0 saturated heterocycles. The maximum Gasteiger partial charge on any atom is 0.227 e. The van der Waals surface area contributed by atoms with Gasteiger partial charge >= 0.3 is 0 Å². The van der Waals surface area contributed by atoms with Gasteiger partial charge in [0, 0.05) is 29.8 Å². The summed E-state index contributed by atoms with van der Waals surface area (Å²) >= 11 is 0. The molecule has 32 heavy (non-hydrogen) atoms. The average molecular weight is 437 g/mol. The zero-order valence-electron chi connectivity index (χ0n) is 19.4. The fourth-order valence-corrected chi connectivity index (χ4v) is 5.26. The van der Waals surface area contributed by atoms with Gasteiger partial charge in [0.2, 0.25) is 11.8 Å². The van der Waals surface area contributed by atoms with Gasteiger partial charge in [0.1, 0.15) is 0 Å². The van der Waals surface area contributed by atoms with Gasteiger partial charge in [-0.1, -0.05) is 25.0 Å². The Balaban J connectivity index is 1.24. The monoisotopic (exact) mass is 436 g/mol. The second-order valence-electron chi connectivity index (χ2n) is 9.75. The van der Waals surface area contributed by atoms with Gasteiger partial charge in [-0.2, -0.15) is 5.10 Å². The van der Waals surface area contributed by atoms with Crippen molar-refractivity contribution >= 4 is 17.5 Å². The quantitative estimate of drug-likeness (QED) is 0.658. The molecule has 6 heteroatoms. The molecule has 2 amide bonds. The molecule has 172 valence electrons. The Labute approximate surface area is 191 Å². The van der Waals surface area contributed by atoms with E-state index in [1.165, 1.54) is 25.7 Å². The standard InChI is InChI=1S/C26H36N4O2/c1-18-14-19(2)30(29-18)17-21-8-5-9-24(15-21)28-26(32)22-10-12-23(13-11-22)27-25(31)16-20-6-3-4-7-20/h5,8-9,14-15,20,22-23H,3-4,6-7,10-13,16-17H2,1-2H3,(H,27,31)(H,28,32). The molecule has 1 aromatic carbocycles. The van der Waals surface area contributed by atoms with E-state index in [2.05, 4.69) is 34.8 Å². The molecular formula is C26H36N4O2. The predicted octanol–water partition coefficient (Wildman–Crippen LogP) is 4.74. The molecule has 2 saturated carbocycles. The number of anilines is 1. The van der Waals surface area contributed by atoms with Crippen LogP contribution in [0.2, 0.25) is 0 Å². The van der Waals surface area contributed by atoms with Crippen molar-refractivity contribution in [1.82, 2.24) is 15.1 Å². The molecule has 1 aromatic heterocycles. The second kappa shape index (κ2) is 10.3. The number of carbonyl (C=O) groups is 2. The Morgan fingerprint density at radius 2 is 1.78 bits per heavy atom. The molecule has 6 nitrogen and oxygen atoms in total. The van der Waals surface area contributed by atoms with Crippen LogP contribution in [0.15, 0.2) is 30.3 Å². The first-order valence-corrected chi connectivity index (χ1v) is 12.2. The minimum absolute atomic E-state index is 0.0117. The molecule has 1 heterocycles. The van der Waals surface area contributed by atoms with E-state index in [1.807, 2.05) is 29.8 Å². The molecule has 2 N–H and O–H groups in total. The van der Waals surface area contributed by atoms with E-state index in [9.17, 15) is 9.59 Å². The number of hydrogen-bond donors (Lipinski definition) is 2. The van der Waals surface area contributed by atoms with E-state index in [4.69, 9.17) is 0 Å². The van der Waals surface area contributed by atoms with Crippen LogP contribution in [0, 0.1) is 25.7 Å². The second-order valence-corrected chi connectivity index (χ2v) is 9.75. The van der Waals surface area contributed by atoms with Gasteiger partial charge in [0.25, 0.3) is 0 Å². The van der Waals surface area contributed by atoms with Crippen molar-refractivity contribution in [1.29, 1.82) is 0 Å². The van der Waals surface area contributed by atoms with Crippen molar-refractivity contribution in [2.45, 2.75) is 84.2 Å². The Hall–Kier alpha value is -2.63. The maximum absolute atomic E-state index is 12.8. The van der Waals surface area contributed by atoms with Gasteiger partial charge in [-0.25, -0.2) is 0 Å². The van der Waals surface area contributed by atoms with E-state index in [-0.39, 0.29) is 23.8 Å². The minimum Gasteiger partial charge on any atom is -0.353 e. The smallest absolute Gasteiger partial charge is 0.227 e. The summed E-state index contributed by atoms with van der Waals surface area (Å²) in [5.74, 6) is 0.875. The molecule has 0 unspecified atom stereocenters. The highest BCUT2D eigenvalue weighted by atomic mass is 16.2. The summed E-state index contributed by atoms with van der Waals surface area (Å²) < 4.78 is 1.98. The number of hydrogen-bond acceptors (Lipinski definition) is 3. The van der Waals surface area contributed by atoms with Gasteiger partial charge < -0.3 is 10.6 Å². The fraction of sp³-hybridized carbons (Fsp3) is 0.577. The number of nitrogens with one attached hydrogen (secondary N) is 2. The lowest BCUT2D eigenvalue weighted by atomic mass is 9.85. The number of aryl methyl sites for hydroxylation is 2. The fourth-order valence-electron chi connectivity index (χ4n) is 5.26. The van der Waals surface area contributed by atoms with Crippen LogP contribution in [0.3, 0.4) is 0 Å². The molecule has 2 aliphatic carbocycles. The van der Waals surface area contributed by atoms with Gasteiger partial charge in [0.05, 0.1) is 12.2 Å². The van der Waals surface area contributed by atoms with Gasteiger partial charge in [-0.15, -0.1) is 0 Å². The Kier molecular flexibility index (Phi) is 7.28. The number of carbonyl (C=O) groups excluding carboxylic acids is 2. The number of rotatable bonds is 7. The number of aromatic nitrogens is 2. The minimum atomic E-state index is 0.0117. The van der Waals surface area contributed by atoms with Crippen LogP contribution >= 0.6 is 0 Å². The molecule has 0 spiro atoms. The van der Waals surface area contributed by atoms with E-state index in [0.29, 0.717) is 18.9 Å². The molecular weight excluding hydrogens is 400 g/mol. The molecule has 0 radical (unpaired) electrons. The molecule has 4 rings (SSSR count). The van der Waals surface area contributed by atoms with E-state index in [1.54, 1.807) is 0 Å². The summed E-state index contributed by atoms with van der Waals surface area (Å²) in [5.41, 5.74) is 4.09. The molecule has 2 aromatic rings. The molecule has 2 fully saturated rings. The van der Waals surface area contributed by atoms with Gasteiger partial charge in [0.15, 0.2) is 0 Å². The zero-order chi connectivity index (χ0) is 22.5. The Morgan fingerprint density at radius 3 is 2.47 bits per heavy atom. The third-order valence-corrected chi connectivity index (χ3v) is 7.04. The topological polar surface area (TPSA) is 76.0 Å². The normalized spacial score (nSPS) is 21.4. The average Bonchev–Trinajstić information content (AvgIpc) is 3.37. The summed E-state index contributed by atoms with van der Waals surface area (Å²) in [7, 11) is 0. The highest BCUT2D eigenvalue weighted by molar-refractivity contribution is 5.92.